The lowest BCUT2D eigenvalue weighted by atomic mass is 10.1. The Hall–Kier alpha value is -2.93. The molecule has 210 valence electrons. The lowest BCUT2D eigenvalue weighted by molar-refractivity contribution is -0.131. The fourth-order valence-electron chi connectivity index (χ4n) is 5.33. The summed E-state index contributed by atoms with van der Waals surface area (Å²) in [4.78, 5) is 33.1. The van der Waals surface area contributed by atoms with Crippen molar-refractivity contribution in [2.24, 2.45) is 5.92 Å². The van der Waals surface area contributed by atoms with E-state index >= 15 is 0 Å². The first kappa shape index (κ1) is 28.6. The number of benzene rings is 3. The van der Waals surface area contributed by atoms with Crippen LogP contribution in [0.4, 0.5) is 10.1 Å². The Morgan fingerprint density at radius 2 is 1.57 bits per heavy atom. The van der Waals surface area contributed by atoms with Crippen molar-refractivity contribution in [3.8, 4) is 0 Å². The van der Waals surface area contributed by atoms with Crippen LogP contribution in [0.3, 0.4) is 0 Å². The normalized spacial score (nSPS) is 17.1. The van der Waals surface area contributed by atoms with Crippen LogP contribution in [0, 0.1) is 11.7 Å². The summed E-state index contributed by atoms with van der Waals surface area (Å²) in [5.74, 6) is -0.439. The highest BCUT2D eigenvalue weighted by atomic mass is 35.5. The minimum Gasteiger partial charge on any atom is -0.338 e. The average molecular weight is 583 g/mol. The van der Waals surface area contributed by atoms with E-state index in [1.165, 1.54) is 6.07 Å². The van der Waals surface area contributed by atoms with Gasteiger partial charge in [0.2, 0.25) is 11.8 Å². The molecule has 8 heteroatoms. The second-order valence-electron chi connectivity index (χ2n) is 10.7. The van der Waals surface area contributed by atoms with Crippen molar-refractivity contribution in [3.63, 3.8) is 0 Å². The minimum absolute atomic E-state index is 0.0760. The third kappa shape index (κ3) is 7.22. The molecule has 2 amide bonds. The molecule has 5 nitrogen and oxygen atoms in total. The van der Waals surface area contributed by atoms with Gasteiger partial charge in [-0.2, -0.15) is 0 Å². The molecule has 1 saturated carbocycles. The molecule has 0 radical (unpaired) electrons. The van der Waals surface area contributed by atoms with E-state index in [-0.39, 0.29) is 34.7 Å². The van der Waals surface area contributed by atoms with Gasteiger partial charge in [-0.3, -0.25) is 14.5 Å². The molecule has 1 heterocycles. The van der Waals surface area contributed by atoms with Crippen molar-refractivity contribution in [1.29, 1.82) is 0 Å². The van der Waals surface area contributed by atoms with Gasteiger partial charge in [-0.15, -0.1) is 0 Å². The molecule has 3 aromatic carbocycles. The lowest BCUT2D eigenvalue weighted by Crippen LogP contribution is -2.39. The van der Waals surface area contributed by atoms with E-state index in [0.717, 1.165) is 62.1 Å². The quantitative estimate of drug-likeness (QED) is 0.335. The number of halogens is 3. The molecule has 3 aromatic rings. The summed E-state index contributed by atoms with van der Waals surface area (Å²) in [6.45, 7) is 3.81. The zero-order valence-corrected chi connectivity index (χ0v) is 24.0. The van der Waals surface area contributed by atoms with Crippen LogP contribution in [0.2, 0.25) is 10.0 Å². The second-order valence-corrected chi connectivity index (χ2v) is 11.5. The van der Waals surface area contributed by atoms with E-state index < -0.39 is 5.82 Å². The maximum atomic E-state index is 14.6. The Bertz CT molecular complexity index is 1330. The number of amides is 2. The van der Waals surface area contributed by atoms with Gasteiger partial charge in [0.15, 0.2) is 0 Å². The summed E-state index contributed by atoms with van der Waals surface area (Å²) in [7, 11) is 0. The van der Waals surface area contributed by atoms with Gasteiger partial charge in [0.1, 0.15) is 5.82 Å². The molecule has 0 aromatic heterocycles. The number of hydrogen-bond donors (Lipinski definition) is 0. The minimum atomic E-state index is -0.481. The van der Waals surface area contributed by atoms with E-state index in [2.05, 4.69) is 4.90 Å². The first-order chi connectivity index (χ1) is 19.4. The molecule has 0 saturated heterocycles. The average Bonchev–Trinajstić information content (AvgIpc) is 3.79. The van der Waals surface area contributed by atoms with Crippen LogP contribution < -0.4 is 4.90 Å². The number of carbonyl (C=O) groups is 2. The summed E-state index contributed by atoms with van der Waals surface area (Å²) >= 11 is 12.4. The highest BCUT2D eigenvalue weighted by Gasteiger charge is 2.35. The van der Waals surface area contributed by atoms with Crippen molar-refractivity contribution in [3.05, 3.63) is 99.3 Å². The van der Waals surface area contributed by atoms with Gasteiger partial charge in [-0.05, 0) is 67.1 Å². The maximum Gasteiger partial charge on any atom is 0.230 e. The van der Waals surface area contributed by atoms with Gasteiger partial charge >= 0.3 is 0 Å². The molecule has 0 unspecified atom stereocenters. The molecule has 5 rings (SSSR count). The van der Waals surface area contributed by atoms with E-state index in [9.17, 15) is 14.0 Å². The van der Waals surface area contributed by atoms with Crippen LogP contribution in [0.1, 0.15) is 42.4 Å². The van der Waals surface area contributed by atoms with Gasteiger partial charge in [0.05, 0.1) is 6.42 Å². The topological polar surface area (TPSA) is 43.9 Å². The van der Waals surface area contributed by atoms with Gasteiger partial charge in [0, 0.05) is 66.5 Å². The molecule has 0 bridgehead atoms. The highest BCUT2D eigenvalue weighted by Crippen LogP contribution is 2.34. The van der Waals surface area contributed by atoms with Gasteiger partial charge in [-0.25, -0.2) is 4.39 Å². The van der Waals surface area contributed by atoms with Crippen molar-refractivity contribution in [1.82, 2.24) is 9.80 Å². The first-order valence-corrected chi connectivity index (χ1v) is 14.7. The smallest absolute Gasteiger partial charge is 0.230 e. The Morgan fingerprint density at radius 1 is 0.850 bits per heavy atom. The fraction of sp³-hybridized carbons (Fsp3) is 0.375. The summed E-state index contributed by atoms with van der Waals surface area (Å²) in [6.07, 6.45) is 3.33. The molecular weight excluding hydrogens is 548 g/mol. The number of anilines is 1. The van der Waals surface area contributed by atoms with Crippen LogP contribution in [0.15, 0.2) is 66.7 Å². The van der Waals surface area contributed by atoms with Crippen molar-refractivity contribution >= 4 is 40.7 Å². The number of para-hydroxylation sites is 1. The number of carbonyl (C=O) groups excluding carboxylic acids is 2. The predicted octanol–water partition coefficient (Wildman–Crippen LogP) is 6.74. The third-order valence-corrected chi connectivity index (χ3v) is 8.26. The maximum absolute atomic E-state index is 14.6. The molecule has 40 heavy (non-hydrogen) atoms. The van der Waals surface area contributed by atoms with E-state index in [1.807, 2.05) is 53.4 Å². The lowest BCUT2D eigenvalue weighted by Gasteiger charge is -2.32. The van der Waals surface area contributed by atoms with Crippen LogP contribution in [-0.2, 0) is 29.1 Å². The summed E-state index contributed by atoms with van der Waals surface area (Å²) < 4.78 is 14.6. The van der Waals surface area contributed by atoms with Gasteiger partial charge < -0.3 is 9.80 Å². The number of fused-ring (bicyclic) bond motifs is 1. The predicted molar refractivity (Wildman–Crippen MR) is 158 cm³/mol. The summed E-state index contributed by atoms with van der Waals surface area (Å²) in [5, 5.41) is 0.952. The Balaban J connectivity index is 1.42. The van der Waals surface area contributed by atoms with E-state index in [0.29, 0.717) is 24.7 Å². The van der Waals surface area contributed by atoms with Crippen LogP contribution in [-0.4, -0.2) is 47.8 Å². The molecule has 1 fully saturated rings. The molecule has 1 aliphatic heterocycles. The molecule has 2 aliphatic rings. The zero-order chi connectivity index (χ0) is 28.1. The molecule has 0 atom stereocenters. The number of nitrogens with zero attached hydrogens (tertiary/aromatic N) is 3. The van der Waals surface area contributed by atoms with Crippen LogP contribution in [0.25, 0.3) is 0 Å². The highest BCUT2D eigenvalue weighted by molar-refractivity contribution is 6.31. The van der Waals surface area contributed by atoms with Crippen LogP contribution in [0.5, 0.6) is 0 Å². The molecular formula is C32H34Cl2FN3O2. The number of rotatable bonds is 5. The van der Waals surface area contributed by atoms with Crippen molar-refractivity contribution in [2.75, 3.05) is 31.1 Å². The SMILES string of the molecule is O=C(Cc1c(F)cccc1Cl)N1CCCN(Cc2ccc(Cl)cc2)CCCN(C(=O)C2CC2)c2ccccc2C1. The molecule has 0 spiro atoms. The van der Waals surface area contributed by atoms with E-state index in [1.54, 1.807) is 17.0 Å². The van der Waals surface area contributed by atoms with E-state index in [4.69, 9.17) is 23.2 Å². The Kier molecular flexibility index (Phi) is 9.40. The Labute approximate surface area is 245 Å². The van der Waals surface area contributed by atoms with Crippen molar-refractivity contribution in [2.45, 2.75) is 45.2 Å². The van der Waals surface area contributed by atoms with Crippen molar-refractivity contribution < 1.29 is 14.0 Å². The van der Waals surface area contributed by atoms with Gasteiger partial charge in [0.25, 0.3) is 0 Å². The summed E-state index contributed by atoms with van der Waals surface area (Å²) in [6, 6.07) is 20.2. The Morgan fingerprint density at radius 3 is 2.30 bits per heavy atom. The van der Waals surface area contributed by atoms with Crippen LogP contribution >= 0.6 is 23.2 Å². The fourth-order valence-corrected chi connectivity index (χ4v) is 5.68. The largest absolute Gasteiger partial charge is 0.338 e. The standard InChI is InChI=1S/C32H34Cl2FN3O2/c33-26-14-10-23(11-15-26)21-36-16-4-18-37(31(39)20-27-28(34)7-3-8-29(27)35)22-25-6-1-2-9-30(25)38(19-5-17-36)32(40)24-12-13-24/h1-3,6-11,14-15,24H,4-5,12-13,16-22H2. The van der Waals surface area contributed by atoms with Gasteiger partial charge in [-0.1, -0.05) is 59.6 Å². The molecule has 0 N–H and O–H groups in total. The number of hydrogen-bond acceptors (Lipinski definition) is 3. The second kappa shape index (κ2) is 13.2. The summed E-state index contributed by atoms with van der Waals surface area (Å²) in [5.41, 5.74) is 3.15. The molecule has 1 aliphatic carbocycles. The zero-order valence-electron chi connectivity index (χ0n) is 22.5. The third-order valence-electron chi connectivity index (χ3n) is 7.66. The first-order valence-electron chi connectivity index (χ1n) is 14.0. The monoisotopic (exact) mass is 581 g/mol.